The minimum absolute atomic E-state index is 0.0225. The molecule has 0 aromatic heterocycles. The number of aliphatic hydroxyl groups excluding tert-OH is 1. The maximum atomic E-state index is 12.0. The molecular weight excluding hydrogens is 288 g/mol. The summed E-state index contributed by atoms with van der Waals surface area (Å²) in [4.78, 5) is 0.255. The number of hydrogen-bond donors (Lipinski definition) is 3. The van der Waals surface area contributed by atoms with Crippen molar-refractivity contribution in [2.24, 2.45) is 5.92 Å². The molecule has 120 valence electrons. The van der Waals surface area contributed by atoms with Crippen LogP contribution in [0.25, 0.3) is 0 Å². The molecule has 0 radical (unpaired) electrons. The quantitative estimate of drug-likeness (QED) is 0.653. The van der Waals surface area contributed by atoms with Gasteiger partial charge in [-0.3, -0.25) is 0 Å². The number of hydrogen-bond acceptors (Lipinski definition) is 4. The van der Waals surface area contributed by atoms with Crippen LogP contribution >= 0.6 is 0 Å². The molecule has 0 aliphatic carbocycles. The molecule has 0 heterocycles. The zero-order chi connectivity index (χ0) is 15.9. The van der Waals surface area contributed by atoms with Crippen molar-refractivity contribution in [3.8, 4) is 0 Å². The van der Waals surface area contributed by atoms with E-state index in [1.54, 1.807) is 24.3 Å². The van der Waals surface area contributed by atoms with Crippen LogP contribution in [0.5, 0.6) is 0 Å². The van der Waals surface area contributed by atoms with E-state index >= 15 is 0 Å². The first-order valence-electron chi connectivity index (χ1n) is 7.36. The van der Waals surface area contributed by atoms with Gasteiger partial charge in [0.25, 0.3) is 0 Å². The molecule has 5 nitrogen and oxygen atoms in total. The summed E-state index contributed by atoms with van der Waals surface area (Å²) in [6, 6.07) is 6.58. The lowest BCUT2D eigenvalue weighted by atomic mass is 10.0. The van der Waals surface area contributed by atoms with Crippen molar-refractivity contribution in [3.63, 3.8) is 0 Å². The molecular formula is C15H26N2O3S. The molecule has 0 bridgehead atoms. The van der Waals surface area contributed by atoms with Crippen LogP contribution in [0.4, 0.5) is 5.69 Å². The molecule has 0 aliphatic rings. The predicted octanol–water partition coefficient (Wildman–Crippen LogP) is 2.19. The van der Waals surface area contributed by atoms with Crippen LogP contribution in [0.15, 0.2) is 29.2 Å². The number of anilines is 1. The average Bonchev–Trinajstić information content (AvgIpc) is 2.44. The second-order valence-corrected chi connectivity index (χ2v) is 7.34. The molecule has 0 saturated carbocycles. The van der Waals surface area contributed by atoms with Gasteiger partial charge in [-0.15, -0.1) is 0 Å². The number of nitrogens with one attached hydrogen (secondary N) is 2. The van der Waals surface area contributed by atoms with Crippen LogP contribution in [0.3, 0.4) is 0 Å². The highest BCUT2D eigenvalue weighted by molar-refractivity contribution is 7.89. The summed E-state index contributed by atoms with van der Waals surface area (Å²) in [5, 5.41) is 12.6. The van der Waals surface area contributed by atoms with E-state index in [2.05, 4.69) is 23.9 Å². The summed E-state index contributed by atoms with van der Waals surface area (Å²) < 4.78 is 26.4. The van der Waals surface area contributed by atoms with Gasteiger partial charge in [-0.25, -0.2) is 13.1 Å². The highest BCUT2D eigenvalue weighted by Gasteiger charge is 2.14. The first-order chi connectivity index (χ1) is 9.89. The average molecular weight is 314 g/mol. The van der Waals surface area contributed by atoms with Crippen molar-refractivity contribution in [2.75, 3.05) is 18.5 Å². The van der Waals surface area contributed by atoms with Gasteiger partial charge in [-0.2, -0.15) is 0 Å². The van der Waals surface area contributed by atoms with Crippen LogP contribution in [-0.4, -0.2) is 32.7 Å². The Labute approximate surface area is 127 Å². The fourth-order valence-corrected chi connectivity index (χ4v) is 3.17. The third kappa shape index (κ3) is 6.03. The summed E-state index contributed by atoms with van der Waals surface area (Å²) in [6.07, 6.45) is 1.61. The number of benzene rings is 1. The van der Waals surface area contributed by atoms with Crippen molar-refractivity contribution in [2.45, 2.75) is 44.6 Å². The molecule has 1 atom stereocenters. The van der Waals surface area contributed by atoms with E-state index in [0.29, 0.717) is 12.5 Å². The number of aliphatic hydroxyl groups is 1. The fraction of sp³-hybridized carbons (Fsp3) is 0.600. The summed E-state index contributed by atoms with van der Waals surface area (Å²) in [5.41, 5.74) is 0.809. The Morgan fingerprint density at radius 3 is 2.29 bits per heavy atom. The Balaban J connectivity index is 2.73. The molecule has 6 heteroatoms. The molecule has 1 unspecified atom stereocenters. The van der Waals surface area contributed by atoms with Crippen molar-refractivity contribution in [1.82, 2.24) is 4.72 Å². The first kappa shape index (κ1) is 17.9. The van der Waals surface area contributed by atoms with E-state index in [1.807, 2.05) is 6.92 Å². The van der Waals surface area contributed by atoms with E-state index in [0.717, 1.165) is 18.5 Å². The number of sulfonamides is 1. The molecule has 3 N–H and O–H groups in total. The molecule has 0 spiro atoms. The standard InChI is InChI=1S/C15H26N2O3S/c1-4-9-16-21(19,20)15-7-5-13(6-8-15)17-14(11-18)10-12(2)3/h5-8,12,14,16-18H,4,9-11H2,1-3H3. The molecule has 21 heavy (non-hydrogen) atoms. The SMILES string of the molecule is CCCNS(=O)(=O)c1ccc(NC(CO)CC(C)C)cc1. The zero-order valence-electron chi connectivity index (χ0n) is 13.0. The molecule has 0 aliphatic heterocycles. The van der Waals surface area contributed by atoms with Crippen LogP contribution in [0.1, 0.15) is 33.6 Å². The van der Waals surface area contributed by atoms with E-state index < -0.39 is 10.0 Å². The predicted molar refractivity (Wildman–Crippen MR) is 85.9 cm³/mol. The monoisotopic (exact) mass is 314 g/mol. The van der Waals surface area contributed by atoms with Gasteiger partial charge in [-0.05, 0) is 43.0 Å². The van der Waals surface area contributed by atoms with Crippen molar-refractivity contribution < 1.29 is 13.5 Å². The van der Waals surface area contributed by atoms with Gasteiger partial charge >= 0.3 is 0 Å². The summed E-state index contributed by atoms with van der Waals surface area (Å²) in [7, 11) is -3.42. The van der Waals surface area contributed by atoms with Gasteiger partial charge < -0.3 is 10.4 Å². The Morgan fingerprint density at radius 2 is 1.81 bits per heavy atom. The lowest BCUT2D eigenvalue weighted by Gasteiger charge is -2.19. The van der Waals surface area contributed by atoms with Gasteiger partial charge in [0.2, 0.25) is 10.0 Å². The highest BCUT2D eigenvalue weighted by Crippen LogP contribution is 2.16. The number of rotatable bonds is 9. The lowest BCUT2D eigenvalue weighted by Crippen LogP contribution is -2.26. The molecule has 0 fully saturated rings. The minimum atomic E-state index is -3.42. The summed E-state index contributed by atoms with van der Waals surface area (Å²) >= 11 is 0. The van der Waals surface area contributed by atoms with E-state index in [4.69, 9.17) is 0 Å². The van der Waals surface area contributed by atoms with E-state index in [9.17, 15) is 13.5 Å². The van der Waals surface area contributed by atoms with Gasteiger partial charge in [0.05, 0.1) is 11.5 Å². The van der Waals surface area contributed by atoms with Crippen LogP contribution in [0, 0.1) is 5.92 Å². The van der Waals surface area contributed by atoms with Gasteiger partial charge in [0, 0.05) is 18.3 Å². The van der Waals surface area contributed by atoms with Crippen LogP contribution in [-0.2, 0) is 10.0 Å². The minimum Gasteiger partial charge on any atom is -0.394 e. The van der Waals surface area contributed by atoms with E-state index in [1.165, 1.54) is 0 Å². The normalized spacial score (nSPS) is 13.4. The Morgan fingerprint density at radius 1 is 1.19 bits per heavy atom. The van der Waals surface area contributed by atoms with E-state index in [-0.39, 0.29) is 17.5 Å². The smallest absolute Gasteiger partial charge is 0.240 e. The Hall–Kier alpha value is -1.11. The second kappa shape index (κ2) is 8.36. The topological polar surface area (TPSA) is 78.4 Å². The van der Waals surface area contributed by atoms with Crippen molar-refractivity contribution in [1.29, 1.82) is 0 Å². The maximum Gasteiger partial charge on any atom is 0.240 e. The third-order valence-electron chi connectivity index (χ3n) is 3.05. The molecule has 1 rings (SSSR count). The first-order valence-corrected chi connectivity index (χ1v) is 8.84. The molecule has 0 amide bonds. The largest absolute Gasteiger partial charge is 0.394 e. The maximum absolute atomic E-state index is 12.0. The lowest BCUT2D eigenvalue weighted by molar-refractivity contribution is 0.259. The van der Waals surface area contributed by atoms with Gasteiger partial charge in [-0.1, -0.05) is 20.8 Å². The van der Waals surface area contributed by atoms with Crippen LogP contribution in [0.2, 0.25) is 0 Å². The third-order valence-corrected chi connectivity index (χ3v) is 4.53. The fourth-order valence-electron chi connectivity index (χ4n) is 2.03. The van der Waals surface area contributed by atoms with Crippen LogP contribution < -0.4 is 10.0 Å². The van der Waals surface area contributed by atoms with Gasteiger partial charge in [0.1, 0.15) is 0 Å². The summed E-state index contributed by atoms with van der Waals surface area (Å²) in [6.45, 7) is 6.59. The molecule has 1 aromatic rings. The Bertz CT molecular complexity index is 512. The molecule has 0 saturated heterocycles. The molecule has 1 aromatic carbocycles. The second-order valence-electron chi connectivity index (χ2n) is 5.58. The van der Waals surface area contributed by atoms with Gasteiger partial charge in [0.15, 0.2) is 0 Å². The van der Waals surface area contributed by atoms with Crippen molar-refractivity contribution >= 4 is 15.7 Å². The zero-order valence-corrected chi connectivity index (χ0v) is 13.8. The van der Waals surface area contributed by atoms with Crippen molar-refractivity contribution in [3.05, 3.63) is 24.3 Å². The summed E-state index contributed by atoms with van der Waals surface area (Å²) in [5.74, 6) is 0.479. The highest BCUT2D eigenvalue weighted by atomic mass is 32.2. The Kier molecular flexibility index (Phi) is 7.14.